The molecule has 0 saturated carbocycles. The molecule has 1 saturated heterocycles. The van der Waals surface area contributed by atoms with Crippen LogP contribution in [0.25, 0.3) is 0 Å². The Morgan fingerprint density at radius 3 is 2.52 bits per heavy atom. The van der Waals surface area contributed by atoms with Crippen molar-refractivity contribution in [2.45, 2.75) is 50.4 Å². The molecule has 2 atom stereocenters. The lowest BCUT2D eigenvalue weighted by Crippen LogP contribution is -2.59. The lowest BCUT2D eigenvalue weighted by Gasteiger charge is -2.36. The molecule has 1 aromatic carbocycles. The van der Waals surface area contributed by atoms with Gasteiger partial charge in [-0.25, -0.2) is 13.2 Å². The highest BCUT2D eigenvalue weighted by atomic mass is 35.5. The van der Waals surface area contributed by atoms with E-state index < -0.39 is 29.5 Å². The van der Waals surface area contributed by atoms with Crippen LogP contribution in [0.4, 0.5) is 13.2 Å². The third-order valence-corrected chi connectivity index (χ3v) is 5.68. The number of nitrogens with two attached hydrogens (primary N) is 1. The molecule has 1 aliphatic heterocycles. The summed E-state index contributed by atoms with van der Waals surface area (Å²) >= 11 is 1.58. The van der Waals surface area contributed by atoms with E-state index >= 15 is 0 Å². The fourth-order valence-corrected chi connectivity index (χ4v) is 3.91. The third kappa shape index (κ3) is 7.38. The van der Waals surface area contributed by atoms with Crippen molar-refractivity contribution in [1.82, 2.24) is 10.2 Å². The smallest absolute Gasteiger partial charge is 0.243 e. The fraction of sp³-hybridized carbons (Fsp3) is 0.579. The predicted octanol–water partition coefficient (Wildman–Crippen LogP) is 2.64. The normalized spacial score (nSPS) is 18.1. The summed E-state index contributed by atoms with van der Waals surface area (Å²) in [5.41, 5.74) is 5.87. The first-order chi connectivity index (χ1) is 13.0. The van der Waals surface area contributed by atoms with E-state index in [1.54, 1.807) is 11.8 Å². The Kier molecular flexibility index (Phi) is 9.30. The monoisotopic (exact) mass is 453 g/mol. The number of benzene rings is 1. The van der Waals surface area contributed by atoms with Gasteiger partial charge in [0.25, 0.3) is 0 Å². The third-order valence-electron chi connectivity index (χ3n) is 4.33. The molecule has 29 heavy (non-hydrogen) atoms. The van der Waals surface area contributed by atoms with Crippen LogP contribution in [0.2, 0.25) is 0 Å². The number of nitrogens with zero attached hydrogens (tertiary/aromatic N) is 1. The molecular weight excluding hydrogens is 427 g/mol. The SMILES string of the molecule is CC(C)(C)SC[C@H]1C(=O)NCCN1C(=O)C[C@H](N)Cc1cc(F)c(F)cc1F.Cl. The standard InChI is InChI=1S/C19H26F3N3O2S.ClH/c1-19(2,3)28-10-16-18(27)24-4-5-25(16)17(26)8-12(23)6-11-7-14(21)15(22)9-13(11)20;/h7,9,12,16H,4-6,8,10,23H2,1-3H3,(H,24,27);1H/t12-,16+;/m1./s1. The molecule has 0 aromatic heterocycles. The van der Waals surface area contributed by atoms with E-state index in [0.717, 1.165) is 6.07 Å². The molecule has 0 radical (unpaired) electrons. The Morgan fingerprint density at radius 2 is 1.90 bits per heavy atom. The number of rotatable bonds is 6. The van der Waals surface area contributed by atoms with E-state index in [2.05, 4.69) is 5.32 Å². The summed E-state index contributed by atoms with van der Waals surface area (Å²) in [4.78, 5) is 26.5. The maximum absolute atomic E-state index is 13.8. The van der Waals surface area contributed by atoms with Gasteiger partial charge in [-0.3, -0.25) is 9.59 Å². The van der Waals surface area contributed by atoms with Gasteiger partial charge in [0.05, 0.1) is 0 Å². The van der Waals surface area contributed by atoms with Gasteiger partial charge in [-0.1, -0.05) is 20.8 Å². The molecule has 5 nitrogen and oxygen atoms in total. The molecule has 10 heteroatoms. The maximum atomic E-state index is 13.8. The van der Waals surface area contributed by atoms with E-state index in [9.17, 15) is 22.8 Å². The number of thioether (sulfide) groups is 1. The van der Waals surface area contributed by atoms with Crippen LogP contribution in [0.15, 0.2) is 12.1 Å². The van der Waals surface area contributed by atoms with Crippen molar-refractivity contribution in [2.24, 2.45) is 5.73 Å². The summed E-state index contributed by atoms with van der Waals surface area (Å²) in [7, 11) is 0. The van der Waals surface area contributed by atoms with Crippen LogP contribution >= 0.6 is 24.2 Å². The summed E-state index contributed by atoms with van der Waals surface area (Å²) < 4.78 is 40.1. The van der Waals surface area contributed by atoms with Crippen LogP contribution in [0, 0.1) is 17.5 Å². The van der Waals surface area contributed by atoms with Crippen molar-refractivity contribution in [1.29, 1.82) is 0 Å². The quantitative estimate of drug-likeness (QED) is 0.649. The van der Waals surface area contributed by atoms with Crippen molar-refractivity contribution >= 4 is 36.0 Å². The molecular formula is C19H27ClF3N3O2S. The number of halogens is 4. The zero-order valence-electron chi connectivity index (χ0n) is 16.6. The minimum Gasteiger partial charge on any atom is -0.353 e. The van der Waals surface area contributed by atoms with Gasteiger partial charge in [0, 0.05) is 42.1 Å². The van der Waals surface area contributed by atoms with Gasteiger partial charge in [-0.15, -0.1) is 12.4 Å². The summed E-state index contributed by atoms with van der Waals surface area (Å²) in [6.45, 7) is 6.80. The van der Waals surface area contributed by atoms with Crippen LogP contribution < -0.4 is 11.1 Å². The number of carbonyl (C=O) groups excluding carboxylic acids is 2. The van der Waals surface area contributed by atoms with E-state index in [1.807, 2.05) is 20.8 Å². The average molecular weight is 454 g/mol. The van der Waals surface area contributed by atoms with Gasteiger partial charge >= 0.3 is 0 Å². The first-order valence-corrected chi connectivity index (χ1v) is 10.1. The fourth-order valence-electron chi connectivity index (χ4n) is 2.92. The predicted molar refractivity (Wildman–Crippen MR) is 111 cm³/mol. The van der Waals surface area contributed by atoms with E-state index in [4.69, 9.17) is 5.73 Å². The number of hydrogen-bond acceptors (Lipinski definition) is 4. The molecule has 164 valence electrons. The Hall–Kier alpha value is -1.45. The Labute approximate surface area is 179 Å². The largest absolute Gasteiger partial charge is 0.353 e. The van der Waals surface area contributed by atoms with Crippen molar-refractivity contribution in [2.75, 3.05) is 18.8 Å². The van der Waals surface area contributed by atoms with E-state index in [1.165, 1.54) is 4.90 Å². The second-order valence-corrected chi connectivity index (χ2v) is 9.69. The first-order valence-electron chi connectivity index (χ1n) is 9.08. The number of piperazine rings is 1. The van der Waals surface area contributed by atoms with Crippen molar-refractivity contribution in [3.05, 3.63) is 35.1 Å². The molecule has 1 aromatic rings. The van der Waals surface area contributed by atoms with Crippen LogP contribution in [0.3, 0.4) is 0 Å². The summed E-state index contributed by atoms with van der Waals surface area (Å²) in [5, 5.41) is 2.76. The topological polar surface area (TPSA) is 75.4 Å². The average Bonchev–Trinajstić information content (AvgIpc) is 2.57. The van der Waals surface area contributed by atoms with Gasteiger partial charge in [-0.05, 0) is 18.1 Å². The van der Waals surface area contributed by atoms with Gasteiger partial charge in [-0.2, -0.15) is 11.8 Å². The zero-order valence-corrected chi connectivity index (χ0v) is 18.3. The second kappa shape index (κ2) is 10.5. The summed E-state index contributed by atoms with van der Waals surface area (Å²) in [6.07, 6.45) is -0.237. The van der Waals surface area contributed by atoms with Crippen LogP contribution in [-0.4, -0.2) is 52.4 Å². The van der Waals surface area contributed by atoms with Crippen LogP contribution in [0.5, 0.6) is 0 Å². The Balaban J connectivity index is 0.00000420. The number of hydrogen-bond donors (Lipinski definition) is 2. The Bertz CT molecular complexity index is 746. The highest BCUT2D eigenvalue weighted by Gasteiger charge is 2.34. The molecule has 0 aliphatic carbocycles. The highest BCUT2D eigenvalue weighted by molar-refractivity contribution is 8.00. The Morgan fingerprint density at radius 1 is 1.28 bits per heavy atom. The van der Waals surface area contributed by atoms with Gasteiger partial charge in [0.1, 0.15) is 11.9 Å². The van der Waals surface area contributed by atoms with Crippen LogP contribution in [-0.2, 0) is 16.0 Å². The molecule has 0 spiro atoms. The lowest BCUT2D eigenvalue weighted by molar-refractivity contribution is -0.142. The number of nitrogens with one attached hydrogen (secondary N) is 1. The molecule has 0 bridgehead atoms. The molecule has 1 fully saturated rings. The van der Waals surface area contributed by atoms with Gasteiger partial charge in [0.2, 0.25) is 11.8 Å². The van der Waals surface area contributed by atoms with E-state index in [0.29, 0.717) is 24.9 Å². The molecule has 1 heterocycles. The van der Waals surface area contributed by atoms with Gasteiger partial charge < -0.3 is 16.0 Å². The number of carbonyl (C=O) groups is 2. The molecule has 0 unspecified atom stereocenters. The first kappa shape index (κ1) is 25.6. The van der Waals surface area contributed by atoms with Crippen molar-refractivity contribution in [3.63, 3.8) is 0 Å². The van der Waals surface area contributed by atoms with E-state index in [-0.39, 0.29) is 47.4 Å². The van der Waals surface area contributed by atoms with Gasteiger partial charge in [0.15, 0.2) is 11.6 Å². The minimum atomic E-state index is -1.27. The lowest BCUT2D eigenvalue weighted by atomic mass is 10.0. The van der Waals surface area contributed by atoms with Crippen molar-refractivity contribution < 1.29 is 22.8 Å². The zero-order chi connectivity index (χ0) is 21.1. The molecule has 3 N–H and O–H groups in total. The molecule has 2 rings (SSSR count). The summed E-state index contributed by atoms with van der Waals surface area (Å²) in [6, 6.07) is -0.162. The molecule has 2 amide bonds. The molecule has 1 aliphatic rings. The summed E-state index contributed by atoms with van der Waals surface area (Å²) in [5.74, 6) is -3.42. The highest BCUT2D eigenvalue weighted by Crippen LogP contribution is 2.26. The van der Waals surface area contributed by atoms with Crippen LogP contribution in [0.1, 0.15) is 32.8 Å². The van der Waals surface area contributed by atoms with Crippen molar-refractivity contribution in [3.8, 4) is 0 Å². The number of amides is 2. The maximum Gasteiger partial charge on any atom is 0.243 e. The second-order valence-electron chi connectivity index (χ2n) is 7.84. The minimum absolute atomic E-state index is 0.